The van der Waals surface area contributed by atoms with Crippen LogP contribution in [0.5, 0.6) is 0 Å². The molecule has 53 heavy (non-hydrogen) atoms. The Morgan fingerprint density at radius 1 is 0.377 bits per heavy atom. The van der Waals surface area contributed by atoms with Crippen LogP contribution >= 0.6 is 11.3 Å². The highest BCUT2D eigenvalue weighted by molar-refractivity contribution is 7.27. The summed E-state index contributed by atoms with van der Waals surface area (Å²) in [4.78, 5) is 2.42. The van der Waals surface area contributed by atoms with Crippen molar-refractivity contribution in [1.82, 2.24) is 0 Å². The maximum atomic E-state index is 6.38. The maximum absolute atomic E-state index is 6.38. The molecule has 11 aromatic rings. The normalized spacial score (nSPS) is 11.8. The lowest BCUT2D eigenvalue weighted by molar-refractivity contribution is 0.670. The minimum Gasteiger partial charge on any atom is -0.455 e. The molecule has 0 spiro atoms. The van der Waals surface area contributed by atoms with Gasteiger partial charge in [0.1, 0.15) is 11.2 Å². The number of hydrogen-bond donors (Lipinski definition) is 0. The lowest BCUT2D eigenvalue weighted by Crippen LogP contribution is -2.10. The van der Waals surface area contributed by atoms with Gasteiger partial charge < -0.3 is 9.32 Å². The summed E-state index contributed by atoms with van der Waals surface area (Å²) in [5.41, 5.74) is 10.00. The van der Waals surface area contributed by atoms with Crippen LogP contribution in [0.2, 0.25) is 0 Å². The Balaban J connectivity index is 1.08. The zero-order valence-electron chi connectivity index (χ0n) is 28.7. The quantitative estimate of drug-likeness (QED) is 0.178. The van der Waals surface area contributed by atoms with Gasteiger partial charge in [0.2, 0.25) is 0 Å². The first-order valence-electron chi connectivity index (χ1n) is 18.0. The van der Waals surface area contributed by atoms with E-state index >= 15 is 0 Å². The molecular formula is C50H31NOS. The third-order valence-corrected chi connectivity index (χ3v) is 11.9. The Morgan fingerprint density at radius 3 is 1.83 bits per heavy atom. The summed E-state index contributed by atoms with van der Waals surface area (Å²) < 4.78 is 8.99. The number of para-hydroxylation sites is 3. The first-order chi connectivity index (χ1) is 26.3. The van der Waals surface area contributed by atoms with E-state index in [4.69, 9.17) is 4.42 Å². The standard InChI is InChI=1S/C50H31NOS/c1-2-14-36(15-3-1)51(37-29-28-32-12-4-5-13-35(32)30-37)46-31-45-44-22-11-20-39(49(44)53-50(45)43-18-7-6-16-40(43)46)34-26-24-33(25-27-34)38-19-10-21-42-41-17-8-9-23-47(41)52-48(38)42/h1-31H. The van der Waals surface area contributed by atoms with Gasteiger partial charge in [0.15, 0.2) is 0 Å². The molecular weight excluding hydrogens is 663 g/mol. The molecule has 0 bridgehead atoms. The molecule has 0 aliphatic carbocycles. The molecule has 11 rings (SSSR count). The lowest BCUT2D eigenvalue weighted by Gasteiger charge is -2.27. The zero-order valence-corrected chi connectivity index (χ0v) is 29.5. The van der Waals surface area contributed by atoms with E-state index in [2.05, 4.69) is 181 Å². The lowest BCUT2D eigenvalue weighted by atomic mass is 9.97. The predicted molar refractivity (Wildman–Crippen MR) is 227 cm³/mol. The average Bonchev–Trinajstić information content (AvgIpc) is 3.80. The molecule has 0 saturated heterocycles. The second-order valence-corrected chi connectivity index (χ2v) is 14.7. The first kappa shape index (κ1) is 30.0. The Hall–Kier alpha value is -6.68. The second kappa shape index (κ2) is 11.9. The van der Waals surface area contributed by atoms with Gasteiger partial charge in [-0.2, -0.15) is 0 Å². The van der Waals surface area contributed by atoms with Gasteiger partial charge in [-0.05, 0) is 63.9 Å². The van der Waals surface area contributed by atoms with Crippen molar-refractivity contribution in [2.45, 2.75) is 0 Å². The summed E-state index contributed by atoms with van der Waals surface area (Å²) in [6.07, 6.45) is 0. The highest BCUT2D eigenvalue weighted by atomic mass is 32.1. The molecule has 248 valence electrons. The van der Waals surface area contributed by atoms with Crippen LogP contribution in [0.1, 0.15) is 0 Å². The van der Waals surface area contributed by atoms with Gasteiger partial charge in [-0.3, -0.25) is 0 Å². The smallest absolute Gasteiger partial charge is 0.143 e. The van der Waals surface area contributed by atoms with Crippen LogP contribution in [0.4, 0.5) is 17.1 Å². The molecule has 9 aromatic carbocycles. The molecule has 0 aliphatic heterocycles. The Kier molecular flexibility index (Phi) is 6.76. The molecule has 0 atom stereocenters. The van der Waals surface area contributed by atoms with Gasteiger partial charge in [-0.1, -0.05) is 152 Å². The summed E-state index contributed by atoms with van der Waals surface area (Å²) in [5, 5.41) is 9.81. The Bertz CT molecular complexity index is 3170. The van der Waals surface area contributed by atoms with Gasteiger partial charge in [0.05, 0.1) is 5.69 Å². The summed E-state index contributed by atoms with van der Waals surface area (Å²) in [6.45, 7) is 0. The minimum absolute atomic E-state index is 0.919. The topological polar surface area (TPSA) is 16.4 Å². The van der Waals surface area contributed by atoms with Gasteiger partial charge in [0, 0.05) is 58.7 Å². The second-order valence-electron chi connectivity index (χ2n) is 13.7. The number of benzene rings is 9. The molecule has 2 heterocycles. The molecule has 0 amide bonds. The van der Waals surface area contributed by atoms with Crippen LogP contribution in [0.15, 0.2) is 192 Å². The number of thiophene rings is 1. The fourth-order valence-corrected chi connectivity index (χ4v) is 9.49. The number of anilines is 3. The number of nitrogens with zero attached hydrogens (tertiary/aromatic N) is 1. The van der Waals surface area contributed by atoms with Crippen molar-refractivity contribution in [2.24, 2.45) is 0 Å². The van der Waals surface area contributed by atoms with Crippen LogP contribution in [-0.4, -0.2) is 0 Å². The number of rotatable bonds is 5. The highest BCUT2D eigenvalue weighted by Gasteiger charge is 2.21. The van der Waals surface area contributed by atoms with Crippen molar-refractivity contribution in [3.05, 3.63) is 188 Å². The van der Waals surface area contributed by atoms with E-state index < -0.39 is 0 Å². The van der Waals surface area contributed by atoms with Crippen LogP contribution in [-0.2, 0) is 0 Å². The monoisotopic (exact) mass is 693 g/mol. The van der Waals surface area contributed by atoms with E-state index in [9.17, 15) is 0 Å². The number of furan rings is 1. The van der Waals surface area contributed by atoms with E-state index in [1.165, 1.54) is 58.5 Å². The number of fused-ring (bicyclic) bond motifs is 9. The van der Waals surface area contributed by atoms with Gasteiger partial charge in [-0.15, -0.1) is 11.3 Å². The zero-order chi connectivity index (χ0) is 34.9. The Morgan fingerprint density at radius 2 is 1.00 bits per heavy atom. The molecule has 3 heteroatoms. The van der Waals surface area contributed by atoms with E-state index in [1.54, 1.807) is 0 Å². The fourth-order valence-electron chi connectivity index (χ4n) is 8.14. The van der Waals surface area contributed by atoms with Gasteiger partial charge in [-0.25, -0.2) is 0 Å². The van der Waals surface area contributed by atoms with Crippen molar-refractivity contribution in [3.8, 4) is 22.3 Å². The van der Waals surface area contributed by atoms with Crippen molar-refractivity contribution in [1.29, 1.82) is 0 Å². The van der Waals surface area contributed by atoms with E-state index in [0.717, 1.165) is 44.4 Å². The van der Waals surface area contributed by atoms with Crippen LogP contribution < -0.4 is 4.90 Å². The molecule has 0 N–H and O–H groups in total. The van der Waals surface area contributed by atoms with E-state index in [-0.39, 0.29) is 0 Å². The molecule has 0 aliphatic rings. The summed E-state index contributed by atoms with van der Waals surface area (Å²) in [5.74, 6) is 0. The third kappa shape index (κ3) is 4.78. The summed E-state index contributed by atoms with van der Waals surface area (Å²) >= 11 is 1.90. The minimum atomic E-state index is 0.919. The maximum Gasteiger partial charge on any atom is 0.143 e. The SMILES string of the molecule is c1ccc(N(c2ccc3ccccc3c2)c2cc3c4cccc(-c5ccc(-c6cccc7c6oc6ccccc67)cc5)c4sc3c3ccccc23)cc1. The number of hydrogen-bond acceptors (Lipinski definition) is 3. The first-order valence-corrected chi connectivity index (χ1v) is 18.8. The third-order valence-electron chi connectivity index (χ3n) is 10.6. The van der Waals surface area contributed by atoms with Crippen molar-refractivity contribution < 1.29 is 4.42 Å². The average molecular weight is 694 g/mol. The molecule has 0 fully saturated rings. The summed E-state index contributed by atoms with van der Waals surface area (Å²) in [7, 11) is 0. The molecule has 0 unspecified atom stereocenters. The highest BCUT2D eigenvalue weighted by Crippen LogP contribution is 2.48. The summed E-state index contributed by atoms with van der Waals surface area (Å²) in [6, 6.07) is 67.9. The molecule has 0 saturated carbocycles. The van der Waals surface area contributed by atoms with E-state index in [1.807, 2.05) is 23.5 Å². The van der Waals surface area contributed by atoms with E-state index in [0.29, 0.717) is 0 Å². The van der Waals surface area contributed by atoms with Gasteiger partial charge >= 0.3 is 0 Å². The van der Waals surface area contributed by atoms with Crippen LogP contribution in [0.25, 0.3) is 85.9 Å². The fraction of sp³-hybridized carbons (Fsp3) is 0. The molecule has 2 nitrogen and oxygen atoms in total. The van der Waals surface area contributed by atoms with Crippen molar-refractivity contribution in [3.63, 3.8) is 0 Å². The molecule has 2 aromatic heterocycles. The van der Waals surface area contributed by atoms with Crippen molar-refractivity contribution >= 4 is 92.1 Å². The largest absolute Gasteiger partial charge is 0.455 e. The van der Waals surface area contributed by atoms with Crippen LogP contribution in [0, 0.1) is 0 Å². The predicted octanol–water partition coefficient (Wildman–Crippen LogP) is 15.1. The Labute approximate surface area is 310 Å². The van der Waals surface area contributed by atoms with Crippen LogP contribution in [0.3, 0.4) is 0 Å². The van der Waals surface area contributed by atoms with Gasteiger partial charge in [0.25, 0.3) is 0 Å². The van der Waals surface area contributed by atoms with Crippen molar-refractivity contribution in [2.75, 3.05) is 4.90 Å². The molecule has 0 radical (unpaired) electrons.